The average molecular weight is 682 g/mol. The number of carbonyl (C=O) groups is 5. The summed E-state index contributed by atoms with van der Waals surface area (Å²) in [5.74, 6) is -4.64. The molecule has 0 heterocycles. The zero-order valence-corrected chi connectivity index (χ0v) is 28.7. The number of nitrogens with zero attached hydrogens (tertiary/aromatic N) is 3. The fraction of sp³-hybridized carbons (Fsp3) is 0.857. The first-order chi connectivity index (χ1) is 22.9. The second-order valence-electron chi connectivity index (χ2n) is 14.6. The molecular formula is C35H59N3O10. The van der Waals surface area contributed by atoms with Gasteiger partial charge in [-0.2, -0.15) is 0 Å². The Labute approximate surface area is 284 Å². The highest BCUT2D eigenvalue weighted by atomic mass is 16.4. The molecule has 0 spiro atoms. The molecule has 0 radical (unpaired) electrons. The van der Waals surface area contributed by atoms with Crippen molar-refractivity contribution >= 4 is 29.8 Å². The second kappa shape index (κ2) is 19.4. The van der Waals surface area contributed by atoms with Crippen molar-refractivity contribution in [1.29, 1.82) is 0 Å². The van der Waals surface area contributed by atoms with E-state index < -0.39 is 47.0 Å². The Kier molecular flexibility index (Phi) is 16.1. The molecule has 3 fully saturated rings. The predicted octanol–water partition coefficient (Wildman–Crippen LogP) is 4.62. The summed E-state index contributed by atoms with van der Waals surface area (Å²) in [5, 5.41) is 49.5. The number of carboxylic acid groups (broad SMARTS) is 5. The molecule has 0 amide bonds. The summed E-state index contributed by atoms with van der Waals surface area (Å²) in [6, 6.07) is -0.853. The molecular weight excluding hydrogens is 622 g/mol. The van der Waals surface area contributed by atoms with Gasteiger partial charge in [-0.1, -0.05) is 70.6 Å². The van der Waals surface area contributed by atoms with Crippen LogP contribution in [0.15, 0.2) is 0 Å². The Morgan fingerprint density at radius 1 is 0.542 bits per heavy atom. The minimum absolute atomic E-state index is 0.0815. The number of rotatable bonds is 22. The quantitative estimate of drug-likeness (QED) is 0.106. The van der Waals surface area contributed by atoms with Gasteiger partial charge in [0.15, 0.2) is 0 Å². The van der Waals surface area contributed by atoms with Crippen LogP contribution in [0.5, 0.6) is 0 Å². The molecule has 274 valence electrons. The molecule has 3 aliphatic carbocycles. The van der Waals surface area contributed by atoms with Crippen molar-refractivity contribution < 1.29 is 49.5 Å². The fourth-order valence-corrected chi connectivity index (χ4v) is 8.91. The minimum Gasteiger partial charge on any atom is -0.481 e. The average Bonchev–Trinajstić information content (AvgIpc) is 3.05. The lowest BCUT2D eigenvalue weighted by Gasteiger charge is -2.48. The van der Waals surface area contributed by atoms with E-state index in [1.165, 1.54) is 0 Å². The van der Waals surface area contributed by atoms with Crippen LogP contribution in [0.3, 0.4) is 0 Å². The van der Waals surface area contributed by atoms with E-state index in [1.807, 2.05) is 14.7 Å². The molecule has 1 unspecified atom stereocenters. The monoisotopic (exact) mass is 681 g/mol. The van der Waals surface area contributed by atoms with Gasteiger partial charge in [0, 0.05) is 50.1 Å². The van der Waals surface area contributed by atoms with E-state index in [0.717, 1.165) is 70.6 Å². The summed E-state index contributed by atoms with van der Waals surface area (Å²) >= 11 is 0. The van der Waals surface area contributed by atoms with Gasteiger partial charge in [0.05, 0.1) is 13.1 Å². The standard InChI is InChI=1S/C35H59N3O10/c39-29(40)12-18-34(14-6-2-7-15-34)37(25-31(43)44)22-20-36(28(33(47)48)24-27-10-4-1-5-11-27)21-23-38(26-32(45)46)35(19-13-30(41)42)16-8-3-9-17-35/h27-28H,1-26H2,(H,39,40)(H,41,42)(H,43,44)(H,45,46)(H,47,48). The van der Waals surface area contributed by atoms with Crippen molar-refractivity contribution in [2.45, 2.75) is 146 Å². The molecule has 0 bridgehead atoms. The van der Waals surface area contributed by atoms with Crippen LogP contribution in [-0.2, 0) is 24.0 Å². The van der Waals surface area contributed by atoms with Gasteiger partial charge in [-0.15, -0.1) is 0 Å². The Morgan fingerprint density at radius 3 is 1.29 bits per heavy atom. The van der Waals surface area contributed by atoms with Crippen LogP contribution in [0.1, 0.15) is 128 Å². The highest BCUT2D eigenvalue weighted by molar-refractivity contribution is 5.73. The zero-order chi connectivity index (χ0) is 35.2. The zero-order valence-electron chi connectivity index (χ0n) is 28.7. The molecule has 0 saturated heterocycles. The first-order valence-electron chi connectivity index (χ1n) is 18.2. The van der Waals surface area contributed by atoms with E-state index in [9.17, 15) is 49.5 Å². The van der Waals surface area contributed by atoms with Crippen LogP contribution in [0.2, 0.25) is 0 Å². The smallest absolute Gasteiger partial charge is 0.320 e. The molecule has 0 aromatic carbocycles. The minimum atomic E-state index is -1.02. The predicted molar refractivity (Wildman–Crippen MR) is 178 cm³/mol. The summed E-state index contributed by atoms with van der Waals surface area (Å²) < 4.78 is 0. The van der Waals surface area contributed by atoms with Gasteiger partial charge in [0.2, 0.25) is 0 Å². The van der Waals surface area contributed by atoms with Gasteiger partial charge in [-0.25, -0.2) is 0 Å². The van der Waals surface area contributed by atoms with Gasteiger partial charge in [0.25, 0.3) is 0 Å². The van der Waals surface area contributed by atoms with Crippen LogP contribution in [0.4, 0.5) is 0 Å². The maximum absolute atomic E-state index is 13.0. The number of carboxylic acids is 5. The Morgan fingerprint density at radius 2 is 0.938 bits per heavy atom. The normalized spacial score (nSPS) is 20.5. The van der Waals surface area contributed by atoms with Crippen LogP contribution in [-0.4, -0.2) is 126 Å². The summed E-state index contributed by atoms with van der Waals surface area (Å²) in [6.07, 6.45) is 14.2. The summed E-state index contributed by atoms with van der Waals surface area (Å²) in [4.78, 5) is 66.1. The third-order valence-electron chi connectivity index (χ3n) is 11.5. The molecule has 5 N–H and O–H groups in total. The largest absolute Gasteiger partial charge is 0.481 e. The van der Waals surface area contributed by atoms with Crippen LogP contribution in [0, 0.1) is 5.92 Å². The maximum atomic E-state index is 13.0. The molecule has 1 atom stereocenters. The fourth-order valence-electron chi connectivity index (χ4n) is 8.91. The van der Waals surface area contributed by atoms with E-state index in [1.54, 1.807) is 0 Å². The Hall–Kier alpha value is -2.77. The van der Waals surface area contributed by atoms with Gasteiger partial charge in [-0.3, -0.25) is 38.7 Å². The van der Waals surface area contributed by atoms with Crippen LogP contribution >= 0.6 is 0 Å². The highest BCUT2D eigenvalue weighted by Gasteiger charge is 2.42. The van der Waals surface area contributed by atoms with Crippen LogP contribution < -0.4 is 0 Å². The van der Waals surface area contributed by atoms with Crippen molar-refractivity contribution in [2.24, 2.45) is 5.92 Å². The van der Waals surface area contributed by atoms with E-state index in [-0.39, 0.29) is 58.0 Å². The molecule has 13 heteroatoms. The molecule has 48 heavy (non-hydrogen) atoms. The number of hydrogen-bond acceptors (Lipinski definition) is 8. The lowest BCUT2D eigenvalue weighted by molar-refractivity contribution is -0.147. The van der Waals surface area contributed by atoms with Crippen LogP contribution in [0.25, 0.3) is 0 Å². The third kappa shape index (κ3) is 12.3. The van der Waals surface area contributed by atoms with Crippen molar-refractivity contribution in [3.8, 4) is 0 Å². The van der Waals surface area contributed by atoms with Crippen molar-refractivity contribution in [1.82, 2.24) is 14.7 Å². The topological polar surface area (TPSA) is 196 Å². The Bertz CT molecular complexity index is 1000. The lowest BCUT2D eigenvalue weighted by Crippen LogP contribution is -2.57. The molecule has 0 aliphatic heterocycles. The molecule has 3 rings (SSSR count). The van der Waals surface area contributed by atoms with E-state index >= 15 is 0 Å². The van der Waals surface area contributed by atoms with Crippen molar-refractivity contribution in [3.63, 3.8) is 0 Å². The SMILES string of the molecule is O=C(O)CCC1(N(CCN(CCN(CC(=O)O)C2(CCC(=O)O)CCCCC2)C(CC2CCCCC2)C(=O)O)CC(=O)O)CCCCC1. The summed E-state index contributed by atoms with van der Waals surface area (Å²) in [6.45, 7) is 0.380. The van der Waals surface area contributed by atoms with E-state index in [4.69, 9.17) is 0 Å². The highest BCUT2D eigenvalue weighted by Crippen LogP contribution is 2.39. The van der Waals surface area contributed by atoms with E-state index in [2.05, 4.69) is 0 Å². The summed E-state index contributed by atoms with van der Waals surface area (Å²) in [7, 11) is 0. The number of aliphatic carboxylic acids is 5. The van der Waals surface area contributed by atoms with Gasteiger partial charge in [-0.05, 0) is 50.9 Å². The summed E-state index contributed by atoms with van der Waals surface area (Å²) in [5.41, 5.74) is -1.22. The first-order valence-corrected chi connectivity index (χ1v) is 18.2. The van der Waals surface area contributed by atoms with Crippen molar-refractivity contribution in [3.05, 3.63) is 0 Å². The van der Waals surface area contributed by atoms with Gasteiger partial charge in [0.1, 0.15) is 6.04 Å². The number of hydrogen-bond donors (Lipinski definition) is 5. The lowest BCUT2D eigenvalue weighted by atomic mass is 9.76. The van der Waals surface area contributed by atoms with Gasteiger partial charge >= 0.3 is 29.8 Å². The maximum Gasteiger partial charge on any atom is 0.320 e. The molecule has 3 aliphatic rings. The third-order valence-corrected chi connectivity index (χ3v) is 11.5. The molecule has 0 aromatic heterocycles. The second-order valence-corrected chi connectivity index (χ2v) is 14.6. The van der Waals surface area contributed by atoms with Gasteiger partial charge < -0.3 is 25.5 Å². The van der Waals surface area contributed by atoms with Crippen molar-refractivity contribution in [2.75, 3.05) is 39.3 Å². The first kappa shape index (κ1) is 39.7. The molecule has 13 nitrogen and oxygen atoms in total. The molecule has 3 saturated carbocycles. The van der Waals surface area contributed by atoms with E-state index in [0.29, 0.717) is 44.9 Å². The Balaban J connectivity index is 1.93. The molecule has 0 aromatic rings.